The van der Waals surface area contributed by atoms with Crippen molar-refractivity contribution in [1.29, 1.82) is 0 Å². The van der Waals surface area contributed by atoms with Gasteiger partial charge in [-0.2, -0.15) is 4.37 Å². The van der Waals surface area contributed by atoms with E-state index in [2.05, 4.69) is 50.8 Å². The Labute approximate surface area is 140 Å². The van der Waals surface area contributed by atoms with Crippen LogP contribution in [0.1, 0.15) is 12.7 Å². The Hall–Kier alpha value is -1.70. The monoisotopic (exact) mass is 334 g/mol. The first kappa shape index (κ1) is 16.2. The summed E-state index contributed by atoms with van der Waals surface area (Å²) in [6, 6.07) is 8.41. The van der Waals surface area contributed by atoms with E-state index in [1.807, 2.05) is 0 Å². The van der Waals surface area contributed by atoms with Gasteiger partial charge in [0.1, 0.15) is 5.82 Å². The summed E-state index contributed by atoms with van der Waals surface area (Å²) in [6.07, 6.45) is 1.02. The lowest BCUT2D eigenvalue weighted by atomic mass is 10.2. The van der Waals surface area contributed by atoms with Crippen LogP contribution in [0.5, 0.6) is 0 Å². The second kappa shape index (κ2) is 7.72. The van der Waals surface area contributed by atoms with Crippen molar-refractivity contribution >= 4 is 28.0 Å². The molecule has 1 atom stereocenters. The number of hydrogen-bond acceptors (Lipinski definition) is 7. The molecular weight excluding hydrogens is 312 g/mol. The summed E-state index contributed by atoms with van der Waals surface area (Å²) in [5.74, 6) is 0.818. The number of benzene rings is 1. The second-order valence-corrected chi connectivity index (χ2v) is 6.31. The number of methoxy groups -OCH3 is 1. The van der Waals surface area contributed by atoms with E-state index in [4.69, 9.17) is 9.47 Å². The molecule has 0 amide bonds. The quantitative estimate of drug-likeness (QED) is 0.876. The molecule has 1 unspecified atom stereocenters. The Kier molecular flexibility index (Phi) is 5.43. The van der Waals surface area contributed by atoms with Gasteiger partial charge in [0, 0.05) is 49.5 Å². The van der Waals surface area contributed by atoms with Gasteiger partial charge in [-0.15, -0.1) is 0 Å². The molecule has 0 bridgehead atoms. The molecule has 0 saturated carbocycles. The molecule has 0 radical (unpaired) electrons. The first-order chi connectivity index (χ1) is 11.2. The molecular formula is C16H22N4O2S. The minimum Gasteiger partial charge on any atom is -0.384 e. The number of hydrogen-bond donors (Lipinski definition) is 1. The molecule has 0 spiro atoms. The number of morpholine rings is 1. The Morgan fingerprint density at radius 3 is 2.96 bits per heavy atom. The van der Waals surface area contributed by atoms with E-state index in [9.17, 15) is 0 Å². The number of nitrogens with one attached hydrogen (secondary N) is 1. The highest BCUT2D eigenvalue weighted by Crippen LogP contribution is 2.23. The Bertz CT molecular complexity index is 617. The van der Waals surface area contributed by atoms with Crippen molar-refractivity contribution in [2.75, 3.05) is 43.6 Å². The van der Waals surface area contributed by atoms with E-state index >= 15 is 0 Å². The third kappa shape index (κ3) is 4.40. The van der Waals surface area contributed by atoms with Crippen LogP contribution >= 0.6 is 11.5 Å². The van der Waals surface area contributed by atoms with Gasteiger partial charge in [0.05, 0.1) is 19.3 Å². The second-order valence-electron chi connectivity index (χ2n) is 5.56. The molecule has 2 heterocycles. The number of anilines is 3. The Morgan fingerprint density at radius 1 is 1.39 bits per heavy atom. The van der Waals surface area contributed by atoms with E-state index < -0.39 is 0 Å². The average Bonchev–Trinajstić information content (AvgIpc) is 3.01. The third-order valence-corrected chi connectivity index (χ3v) is 4.39. The van der Waals surface area contributed by atoms with Gasteiger partial charge in [0.2, 0.25) is 5.13 Å². The first-order valence-electron chi connectivity index (χ1n) is 7.80. The van der Waals surface area contributed by atoms with E-state index in [1.165, 1.54) is 17.2 Å². The predicted octanol–water partition coefficient (Wildman–Crippen LogP) is 2.70. The minimum absolute atomic E-state index is 0.286. The fraction of sp³-hybridized carbons (Fsp3) is 0.500. The third-order valence-electron chi connectivity index (χ3n) is 3.72. The van der Waals surface area contributed by atoms with Gasteiger partial charge in [-0.3, -0.25) is 0 Å². The molecule has 2 aromatic rings. The van der Waals surface area contributed by atoms with Gasteiger partial charge >= 0.3 is 0 Å². The highest BCUT2D eigenvalue weighted by molar-refractivity contribution is 7.09. The normalized spacial score (nSPS) is 18.2. The van der Waals surface area contributed by atoms with Crippen LogP contribution in [0.25, 0.3) is 0 Å². The summed E-state index contributed by atoms with van der Waals surface area (Å²) in [5.41, 5.74) is 2.24. The maximum absolute atomic E-state index is 5.59. The van der Waals surface area contributed by atoms with Crippen LogP contribution in [0.3, 0.4) is 0 Å². The summed E-state index contributed by atoms with van der Waals surface area (Å²) in [6.45, 7) is 5.42. The molecule has 124 valence electrons. The summed E-state index contributed by atoms with van der Waals surface area (Å²) < 4.78 is 14.9. The molecule has 23 heavy (non-hydrogen) atoms. The summed E-state index contributed by atoms with van der Waals surface area (Å²) in [4.78, 5) is 6.81. The van der Waals surface area contributed by atoms with Crippen molar-refractivity contribution in [3.8, 4) is 0 Å². The molecule has 1 N–H and O–H groups in total. The van der Waals surface area contributed by atoms with Crippen LogP contribution in [-0.4, -0.2) is 48.9 Å². The zero-order chi connectivity index (χ0) is 16.1. The van der Waals surface area contributed by atoms with Crippen molar-refractivity contribution in [1.82, 2.24) is 9.36 Å². The highest BCUT2D eigenvalue weighted by atomic mass is 32.1. The lowest BCUT2D eigenvalue weighted by Crippen LogP contribution is -2.41. The van der Waals surface area contributed by atoms with Gasteiger partial charge < -0.3 is 19.7 Å². The zero-order valence-electron chi connectivity index (χ0n) is 13.5. The maximum Gasteiger partial charge on any atom is 0.207 e. The molecule has 1 fully saturated rings. The van der Waals surface area contributed by atoms with Crippen molar-refractivity contribution in [3.63, 3.8) is 0 Å². The molecule has 1 saturated heterocycles. The Balaban J connectivity index is 1.59. The van der Waals surface area contributed by atoms with Crippen molar-refractivity contribution in [2.45, 2.75) is 19.4 Å². The fourth-order valence-corrected chi connectivity index (χ4v) is 3.17. The molecule has 1 aliphatic heterocycles. The first-order valence-corrected chi connectivity index (χ1v) is 8.57. The van der Waals surface area contributed by atoms with E-state index in [0.29, 0.717) is 6.61 Å². The molecule has 3 rings (SSSR count). The summed E-state index contributed by atoms with van der Waals surface area (Å²) in [5, 5.41) is 4.11. The van der Waals surface area contributed by atoms with Gasteiger partial charge in [-0.1, -0.05) is 0 Å². The van der Waals surface area contributed by atoms with Gasteiger partial charge in [-0.25, -0.2) is 4.98 Å². The topological polar surface area (TPSA) is 59.5 Å². The standard InChI is InChI=1S/C16H22N4O2S/c1-12-11-20(8-10-22-12)14-5-3-13(4-6-14)17-16-18-15(19-23-16)7-9-21-2/h3-6,12H,7-11H2,1-2H3,(H,17,18,19). The average molecular weight is 334 g/mol. The van der Waals surface area contributed by atoms with Gasteiger partial charge in [0.25, 0.3) is 0 Å². The van der Waals surface area contributed by atoms with Crippen LogP contribution in [0.2, 0.25) is 0 Å². The van der Waals surface area contributed by atoms with Crippen molar-refractivity contribution in [2.24, 2.45) is 0 Å². The van der Waals surface area contributed by atoms with E-state index in [1.54, 1.807) is 7.11 Å². The maximum atomic E-state index is 5.59. The zero-order valence-corrected chi connectivity index (χ0v) is 14.3. The van der Waals surface area contributed by atoms with Crippen LogP contribution in [0.4, 0.5) is 16.5 Å². The van der Waals surface area contributed by atoms with Crippen LogP contribution in [0, 0.1) is 0 Å². The number of rotatable bonds is 6. The molecule has 7 heteroatoms. The molecule has 1 aromatic carbocycles. The number of aromatic nitrogens is 2. The van der Waals surface area contributed by atoms with Crippen LogP contribution < -0.4 is 10.2 Å². The number of nitrogens with zero attached hydrogens (tertiary/aromatic N) is 3. The predicted molar refractivity (Wildman–Crippen MR) is 92.8 cm³/mol. The van der Waals surface area contributed by atoms with Crippen molar-refractivity contribution < 1.29 is 9.47 Å². The number of ether oxygens (including phenoxy) is 2. The van der Waals surface area contributed by atoms with Gasteiger partial charge in [0.15, 0.2) is 0 Å². The highest BCUT2D eigenvalue weighted by Gasteiger charge is 2.16. The van der Waals surface area contributed by atoms with Gasteiger partial charge in [-0.05, 0) is 31.2 Å². The van der Waals surface area contributed by atoms with E-state index in [-0.39, 0.29) is 6.10 Å². The van der Waals surface area contributed by atoms with E-state index in [0.717, 1.165) is 42.8 Å². The summed E-state index contributed by atoms with van der Waals surface area (Å²) >= 11 is 1.37. The molecule has 6 nitrogen and oxygen atoms in total. The lowest BCUT2D eigenvalue weighted by Gasteiger charge is -2.33. The smallest absolute Gasteiger partial charge is 0.207 e. The fourth-order valence-electron chi connectivity index (χ4n) is 2.53. The molecule has 1 aliphatic rings. The molecule has 0 aliphatic carbocycles. The summed E-state index contributed by atoms with van der Waals surface area (Å²) in [7, 11) is 1.68. The lowest BCUT2D eigenvalue weighted by molar-refractivity contribution is 0.0532. The largest absolute Gasteiger partial charge is 0.384 e. The van der Waals surface area contributed by atoms with Crippen LogP contribution in [0.15, 0.2) is 24.3 Å². The Morgan fingerprint density at radius 2 is 2.22 bits per heavy atom. The SMILES string of the molecule is COCCc1nsc(Nc2ccc(N3CCOC(C)C3)cc2)n1. The molecule has 1 aromatic heterocycles. The van der Waals surface area contributed by atoms with Crippen molar-refractivity contribution in [3.05, 3.63) is 30.1 Å². The van der Waals surface area contributed by atoms with Crippen LogP contribution in [-0.2, 0) is 15.9 Å². The minimum atomic E-state index is 0.286.